The summed E-state index contributed by atoms with van der Waals surface area (Å²) in [6.07, 6.45) is 0. The average Bonchev–Trinajstić information content (AvgIpc) is 3.94. The Labute approximate surface area is 317 Å². The van der Waals surface area contributed by atoms with Gasteiger partial charge in [-0.2, -0.15) is 0 Å². The van der Waals surface area contributed by atoms with Crippen molar-refractivity contribution < 1.29 is 8.83 Å². The molecule has 0 spiro atoms. The lowest BCUT2D eigenvalue weighted by Crippen LogP contribution is -2.00. The number of para-hydroxylation sites is 1. The second-order valence-electron chi connectivity index (χ2n) is 13.9. The monoisotopic (exact) mass is 721 g/mol. The maximum atomic E-state index is 6.52. The van der Waals surface area contributed by atoms with Gasteiger partial charge in [0.05, 0.1) is 0 Å². The summed E-state index contributed by atoms with van der Waals surface area (Å²) in [5.41, 5.74) is 8.35. The highest BCUT2D eigenvalue weighted by Crippen LogP contribution is 2.42. The average molecular weight is 722 g/mol. The third kappa shape index (κ3) is 4.75. The number of furan rings is 2. The lowest BCUT2D eigenvalue weighted by atomic mass is 9.96. The van der Waals surface area contributed by atoms with E-state index in [1.807, 2.05) is 84.1 Å². The summed E-state index contributed by atoms with van der Waals surface area (Å²) in [6.45, 7) is 0. The Morgan fingerprint density at radius 1 is 0.327 bits per heavy atom. The number of hydrogen-bond donors (Lipinski definition) is 0. The minimum Gasteiger partial charge on any atom is -0.456 e. The molecular weight excluding hydrogens is 695 g/mol. The van der Waals surface area contributed by atoms with Crippen molar-refractivity contribution in [3.63, 3.8) is 0 Å². The van der Waals surface area contributed by atoms with E-state index in [9.17, 15) is 0 Å². The van der Waals surface area contributed by atoms with E-state index in [2.05, 4.69) is 91.0 Å². The van der Waals surface area contributed by atoms with Gasteiger partial charge in [0.1, 0.15) is 22.3 Å². The molecule has 0 bridgehead atoms. The highest BCUT2D eigenvalue weighted by atomic mass is 32.1. The molecule has 4 heterocycles. The molecule has 0 unspecified atom stereocenters. The van der Waals surface area contributed by atoms with Gasteiger partial charge >= 0.3 is 0 Å². The van der Waals surface area contributed by atoms with Crippen LogP contribution in [0.1, 0.15) is 0 Å². The Morgan fingerprint density at radius 2 is 0.873 bits per heavy atom. The van der Waals surface area contributed by atoms with E-state index in [0.29, 0.717) is 17.5 Å². The molecule has 0 atom stereocenters. The largest absolute Gasteiger partial charge is 0.456 e. The van der Waals surface area contributed by atoms with Crippen LogP contribution in [0.2, 0.25) is 0 Å². The van der Waals surface area contributed by atoms with Gasteiger partial charge in [0, 0.05) is 63.8 Å². The molecule has 55 heavy (non-hydrogen) atoms. The number of thiophene rings is 1. The van der Waals surface area contributed by atoms with E-state index in [-0.39, 0.29) is 0 Å². The summed E-state index contributed by atoms with van der Waals surface area (Å²) >= 11 is 1.86. The molecule has 12 rings (SSSR count). The van der Waals surface area contributed by atoms with Crippen molar-refractivity contribution in [2.24, 2.45) is 0 Å². The molecule has 12 aromatic rings. The Bertz CT molecular complexity index is 3510. The van der Waals surface area contributed by atoms with E-state index in [1.165, 1.54) is 36.5 Å². The van der Waals surface area contributed by atoms with Crippen LogP contribution < -0.4 is 0 Å². The Kier molecular flexibility index (Phi) is 6.44. The number of hydrogen-bond acceptors (Lipinski definition) is 6. The third-order valence-corrected chi connectivity index (χ3v) is 12.0. The first-order valence-electron chi connectivity index (χ1n) is 18.3. The van der Waals surface area contributed by atoms with Crippen molar-refractivity contribution in [1.29, 1.82) is 0 Å². The fourth-order valence-corrected chi connectivity index (χ4v) is 9.32. The molecule has 0 aliphatic rings. The maximum Gasteiger partial charge on any atom is 0.164 e. The molecule has 0 radical (unpaired) electrons. The van der Waals surface area contributed by atoms with Crippen LogP contribution in [-0.2, 0) is 0 Å². The van der Waals surface area contributed by atoms with Gasteiger partial charge in [0.15, 0.2) is 17.5 Å². The predicted molar refractivity (Wildman–Crippen MR) is 227 cm³/mol. The summed E-state index contributed by atoms with van der Waals surface area (Å²) in [5.74, 6) is 1.81. The number of fused-ring (bicyclic) bond motifs is 11. The van der Waals surface area contributed by atoms with E-state index >= 15 is 0 Å². The van der Waals surface area contributed by atoms with Crippen LogP contribution >= 0.6 is 11.3 Å². The van der Waals surface area contributed by atoms with Gasteiger partial charge < -0.3 is 8.83 Å². The normalized spacial score (nSPS) is 12.0. The minimum atomic E-state index is 0.595. The van der Waals surface area contributed by atoms with E-state index < -0.39 is 0 Å². The van der Waals surface area contributed by atoms with Gasteiger partial charge in [0.25, 0.3) is 0 Å². The standard InChI is InChI=1S/C49H27N3O2S/c1-2-9-28(10-3-1)47-50-48(30-18-23-42-39(25-30)34-11-4-6-15-41(34)53-42)52-49(51-47)31-19-24-43-40(26-31)35-20-17-29(27-44(35)54-43)32-13-8-14-37-33(32)21-22-38-36-12-5-7-16-45(36)55-46(37)38/h1-27H. The topological polar surface area (TPSA) is 65.0 Å². The molecule has 8 aromatic carbocycles. The number of benzene rings is 8. The summed E-state index contributed by atoms with van der Waals surface area (Å²) < 4.78 is 15.3. The lowest BCUT2D eigenvalue weighted by Gasteiger charge is -2.09. The predicted octanol–water partition coefficient (Wildman–Crippen LogP) is 13.9. The summed E-state index contributed by atoms with van der Waals surface area (Å²) in [7, 11) is 0. The van der Waals surface area contributed by atoms with Gasteiger partial charge in [-0.05, 0) is 77.2 Å². The number of rotatable bonds is 4. The van der Waals surface area contributed by atoms with Crippen LogP contribution in [-0.4, -0.2) is 15.0 Å². The Hall–Kier alpha value is -7.15. The molecular formula is C49H27N3O2S. The van der Waals surface area contributed by atoms with Crippen molar-refractivity contribution in [3.05, 3.63) is 164 Å². The van der Waals surface area contributed by atoms with Crippen molar-refractivity contribution in [3.8, 4) is 45.3 Å². The number of nitrogens with zero attached hydrogens (tertiary/aromatic N) is 3. The molecule has 0 amide bonds. The van der Waals surface area contributed by atoms with Crippen molar-refractivity contribution in [2.75, 3.05) is 0 Å². The third-order valence-electron chi connectivity index (χ3n) is 10.7. The molecule has 0 N–H and O–H groups in total. The van der Waals surface area contributed by atoms with Crippen LogP contribution in [0.15, 0.2) is 173 Å². The van der Waals surface area contributed by atoms with Crippen LogP contribution in [0.25, 0.3) is 120 Å². The van der Waals surface area contributed by atoms with Crippen LogP contribution in [0, 0.1) is 0 Å². The van der Waals surface area contributed by atoms with Crippen LogP contribution in [0.5, 0.6) is 0 Å². The van der Waals surface area contributed by atoms with Gasteiger partial charge in [-0.3, -0.25) is 0 Å². The first kappa shape index (κ1) is 30.3. The van der Waals surface area contributed by atoms with Crippen LogP contribution in [0.3, 0.4) is 0 Å². The molecule has 0 aliphatic carbocycles. The molecule has 0 fully saturated rings. The zero-order valence-electron chi connectivity index (χ0n) is 29.2. The first-order chi connectivity index (χ1) is 27.2. The molecule has 0 saturated carbocycles. The molecule has 0 saturated heterocycles. The summed E-state index contributed by atoms with van der Waals surface area (Å²) in [4.78, 5) is 15.1. The highest BCUT2D eigenvalue weighted by molar-refractivity contribution is 7.26. The fraction of sp³-hybridized carbons (Fsp3) is 0. The summed E-state index contributed by atoms with van der Waals surface area (Å²) in [5, 5.41) is 9.27. The fourth-order valence-electron chi connectivity index (χ4n) is 8.09. The van der Waals surface area contributed by atoms with E-state index in [4.69, 9.17) is 23.8 Å². The number of aromatic nitrogens is 3. The SMILES string of the molecule is c1ccc(-c2nc(-c3ccc4oc5ccccc5c4c3)nc(-c3ccc4oc5cc(-c6cccc7c6ccc6c8ccccc8sc76)ccc5c4c3)n2)cc1. The molecule has 6 heteroatoms. The highest BCUT2D eigenvalue weighted by Gasteiger charge is 2.18. The van der Waals surface area contributed by atoms with Gasteiger partial charge in [-0.25, -0.2) is 15.0 Å². The minimum absolute atomic E-state index is 0.595. The second-order valence-corrected chi connectivity index (χ2v) is 15.0. The van der Waals surface area contributed by atoms with E-state index in [1.54, 1.807) is 0 Å². The lowest BCUT2D eigenvalue weighted by molar-refractivity contribution is 0.668. The van der Waals surface area contributed by atoms with Crippen LogP contribution in [0.4, 0.5) is 0 Å². The second kappa shape index (κ2) is 11.7. The zero-order chi connectivity index (χ0) is 36.0. The smallest absolute Gasteiger partial charge is 0.164 e. The zero-order valence-corrected chi connectivity index (χ0v) is 30.0. The quantitative estimate of drug-likeness (QED) is 0.181. The molecule has 4 aromatic heterocycles. The first-order valence-corrected chi connectivity index (χ1v) is 19.1. The molecule has 5 nitrogen and oxygen atoms in total. The Balaban J connectivity index is 0.982. The Morgan fingerprint density at radius 3 is 1.65 bits per heavy atom. The molecule has 256 valence electrons. The van der Waals surface area contributed by atoms with Crippen molar-refractivity contribution in [2.45, 2.75) is 0 Å². The van der Waals surface area contributed by atoms with E-state index in [0.717, 1.165) is 66.1 Å². The van der Waals surface area contributed by atoms with Crippen molar-refractivity contribution >= 4 is 86.2 Å². The molecule has 0 aliphatic heterocycles. The summed E-state index contributed by atoms with van der Waals surface area (Å²) in [6, 6.07) is 56.8. The van der Waals surface area contributed by atoms with Gasteiger partial charge in [-0.1, -0.05) is 103 Å². The van der Waals surface area contributed by atoms with Gasteiger partial charge in [-0.15, -0.1) is 11.3 Å². The van der Waals surface area contributed by atoms with Gasteiger partial charge in [0.2, 0.25) is 0 Å². The maximum absolute atomic E-state index is 6.52. The van der Waals surface area contributed by atoms with Crippen molar-refractivity contribution in [1.82, 2.24) is 15.0 Å².